The van der Waals surface area contributed by atoms with Crippen molar-refractivity contribution in [3.05, 3.63) is 0 Å². The highest BCUT2D eigenvalue weighted by Crippen LogP contribution is 2.39. The maximum atomic E-state index is 13.4. The van der Waals surface area contributed by atoms with Crippen LogP contribution in [0, 0.1) is 5.41 Å². The fourth-order valence-corrected chi connectivity index (χ4v) is 4.99. The van der Waals surface area contributed by atoms with E-state index < -0.39 is 18.1 Å². The van der Waals surface area contributed by atoms with Crippen LogP contribution in [0.25, 0.3) is 0 Å². The molecule has 164 valence electrons. The van der Waals surface area contributed by atoms with Crippen LogP contribution < -0.4 is 5.32 Å². The van der Waals surface area contributed by atoms with Gasteiger partial charge in [0.1, 0.15) is 12.1 Å². The Labute approximate surface area is 172 Å². The van der Waals surface area contributed by atoms with Crippen molar-refractivity contribution in [2.24, 2.45) is 5.41 Å². The summed E-state index contributed by atoms with van der Waals surface area (Å²) < 4.78 is 5.67. The third kappa shape index (κ3) is 4.85. The average Bonchev–Trinajstić information content (AvgIpc) is 3.33. The first-order chi connectivity index (χ1) is 13.7. The Balaban J connectivity index is 1.82. The average molecular weight is 410 g/mol. The van der Waals surface area contributed by atoms with Crippen LogP contribution in [-0.4, -0.2) is 76.7 Å². The topological polar surface area (TPSA) is 99.2 Å². The molecule has 3 atom stereocenters. The van der Waals surface area contributed by atoms with Gasteiger partial charge in [0.2, 0.25) is 0 Å². The fraction of sp³-hybridized carbons (Fsp3) is 0.857. The third-order valence-corrected chi connectivity index (χ3v) is 6.71. The molecule has 1 aliphatic carbocycles. The van der Waals surface area contributed by atoms with E-state index in [1.165, 1.54) is 4.90 Å². The molecule has 3 aliphatic rings. The molecule has 3 rings (SSSR count). The number of aliphatic carboxylic acids is 1. The summed E-state index contributed by atoms with van der Waals surface area (Å²) in [6.45, 7) is 7.59. The highest BCUT2D eigenvalue weighted by Gasteiger charge is 2.47. The molecule has 8 heteroatoms. The minimum absolute atomic E-state index is 0.0286. The standard InChI is InChI=1S/C21H35N3O5/c1-4-22-20(28)23-13-15(12-16(23)19(26)27)24(18(25)17-6-5-11-29-17)14-7-9-21(2,3)10-8-14/h14-17H,4-13H2,1-3H3,(H,22,28)(H,26,27)/t15-,16-,17?/m0/s1. The molecule has 0 aromatic carbocycles. The number of carboxylic acid groups (broad SMARTS) is 1. The Morgan fingerprint density at radius 2 is 1.86 bits per heavy atom. The number of rotatable bonds is 5. The van der Waals surface area contributed by atoms with Crippen LogP contribution in [0.1, 0.15) is 65.7 Å². The molecule has 0 spiro atoms. The van der Waals surface area contributed by atoms with E-state index in [-0.39, 0.29) is 42.4 Å². The summed E-state index contributed by atoms with van der Waals surface area (Å²) in [6.07, 6.45) is 5.28. The van der Waals surface area contributed by atoms with Gasteiger partial charge in [0.15, 0.2) is 0 Å². The maximum absolute atomic E-state index is 13.4. The van der Waals surface area contributed by atoms with Gasteiger partial charge in [-0.1, -0.05) is 13.8 Å². The van der Waals surface area contributed by atoms with Crippen molar-refractivity contribution in [2.45, 2.75) is 89.9 Å². The van der Waals surface area contributed by atoms with Gasteiger partial charge in [-0.05, 0) is 50.9 Å². The number of nitrogens with zero attached hydrogens (tertiary/aromatic N) is 2. The van der Waals surface area contributed by atoms with E-state index in [2.05, 4.69) is 19.2 Å². The van der Waals surface area contributed by atoms with Crippen LogP contribution in [0.3, 0.4) is 0 Å². The van der Waals surface area contributed by atoms with Gasteiger partial charge in [0.05, 0.1) is 6.04 Å². The SMILES string of the molecule is CCNC(=O)N1C[C@@H](N(C(=O)C2CCCO2)C2CCC(C)(C)CC2)C[C@H]1C(=O)O. The lowest BCUT2D eigenvalue weighted by atomic mass is 9.75. The normalized spacial score (nSPS) is 29.6. The summed E-state index contributed by atoms with van der Waals surface area (Å²) in [6, 6.07) is -1.50. The molecule has 2 heterocycles. The predicted molar refractivity (Wildman–Crippen MR) is 107 cm³/mol. The zero-order chi connectivity index (χ0) is 21.2. The molecule has 29 heavy (non-hydrogen) atoms. The number of carboxylic acids is 1. The monoisotopic (exact) mass is 409 g/mol. The summed E-state index contributed by atoms with van der Waals surface area (Å²) in [4.78, 5) is 40.9. The largest absolute Gasteiger partial charge is 0.480 e. The van der Waals surface area contributed by atoms with Crippen molar-refractivity contribution in [3.63, 3.8) is 0 Å². The lowest BCUT2D eigenvalue weighted by Crippen LogP contribution is -2.53. The minimum Gasteiger partial charge on any atom is -0.480 e. The van der Waals surface area contributed by atoms with Gasteiger partial charge >= 0.3 is 12.0 Å². The second kappa shape index (κ2) is 8.90. The highest BCUT2D eigenvalue weighted by atomic mass is 16.5. The van der Waals surface area contributed by atoms with Crippen LogP contribution >= 0.6 is 0 Å². The van der Waals surface area contributed by atoms with Gasteiger partial charge in [-0.2, -0.15) is 0 Å². The predicted octanol–water partition coefficient (Wildman–Crippen LogP) is 2.22. The van der Waals surface area contributed by atoms with Crippen molar-refractivity contribution in [3.8, 4) is 0 Å². The van der Waals surface area contributed by atoms with E-state index in [1.54, 1.807) is 6.92 Å². The van der Waals surface area contributed by atoms with Crippen LogP contribution in [0.5, 0.6) is 0 Å². The van der Waals surface area contributed by atoms with Crippen molar-refractivity contribution >= 4 is 17.9 Å². The quantitative estimate of drug-likeness (QED) is 0.725. The molecule has 2 saturated heterocycles. The van der Waals surface area contributed by atoms with E-state index in [9.17, 15) is 19.5 Å². The molecule has 1 saturated carbocycles. The van der Waals surface area contributed by atoms with Crippen LogP contribution in [0.15, 0.2) is 0 Å². The van der Waals surface area contributed by atoms with Crippen LogP contribution in [0.2, 0.25) is 0 Å². The first-order valence-electron chi connectivity index (χ1n) is 10.9. The van der Waals surface area contributed by atoms with Crippen molar-refractivity contribution in [1.29, 1.82) is 0 Å². The third-order valence-electron chi connectivity index (χ3n) is 6.71. The first kappa shape index (κ1) is 21.9. The Hall–Kier alpha value is -1.83. The number of carbonyl (C=O) groups excluding carboxylic acids is 2. The van der Waals surface area contributed by atoms with Crippen molar-refractivity contribution < 1.29 is 24.2 Å². The molecular weight excluding hydrogens is 374 g/mol. The van der Waals surface area contributed by atoms with Crippen LogP contribution in [0.4, 0.5) is 4.79 Å². The summed E-state index contributed by atoms with van der Waals surface area (Å²) in [5.41, 5.74) is 0.265. The van der Waals surface area contributed by atoms with Gasteiger partial charge in [-0.25, -0.2) is 9.59 Å². The number of carbonyl (C=O) groups is 3. The second-order valence-electron chi connectivity index (χ2n) is 9.37. The zero-order valence-corrected chi connectivity index (χ0v) is 17.9. The van der Waals surface area contributed by atoms with E-state index >= 15 is 0 Å². The van der Waals surface area contributed by atoms with Gasteiger partial charge in [0.25, 0.3) is 5.91 Å². The molecule has 0 aromatic rings. The number of hydrogen-bond acceptors (Lipinski definition) is 4. The highest BCUT2D eigenvalue weighted by molar-refractivity contribution is 5.85. The van der Waals surface area contributed by atoms with E-state index in [4.69, 9.17) is 4.74 Å². The van der Waals surface area contributed by atoms with E-state index in [1.807, 2.05) is 4.90 Å². The Bertz CT molecular complexity index is 622. The molecule has 3 fully saturated rings. The van der Waals surface area contributed by atoms with Crippen LogP contribution in [-0.2, 0) is 14.3 Å². The summed E-state index contributed by atoms with van der Waals surface area (Å²) in [7, 11) is 0. The number of likely N-dealkylation sites (tertiary alicyclic amines) is 1. The van der Waals surface area contributed by atoms with Gasteiger partial charge in [-0.15, -0.1) is 0 Å². The summed E-state index contributed by atoms with van der Waals surface area (Å²) >= 11 is 0. The number of nitrogens with one attached hydrogen (secondary N) is 1. The summed E-state index contributed by atoms with van der Waals surface area (Å²) in [5.74, 6) is -1.05. The number of ether oxygens (including phenoxy) is 1. The number of amides is 3. The number of urea groups is 1. The molecule has 0 radical (unpaired) electrons. The van der Waals surface area contributed by atoms with E-state index in [0.717, 1.165) is 32.1 Å². The molecule has 2 aliphatic heterocycles. The van der Waals surface area contributed by atoms with Gasteiger partial charge in [0, 0.05) is 32.2 Å². The lowest BCUT2D eigenvalue weighted by molar-refractivity contribution is -0.148. The minimum atomic E-state index is -1.02. The first-order valence-corrected chi connectivity index (χ1v) is 10.9. The fourth-order valence-electron chi connectivity index (χ4n) is 4.99. The van der Waals surface area contributed by atoms with Crippen molar-refractivity contribution in [1.82, 2.24) is 15.1 Å². The summed E-state index contributed by atoms with van der Waals surface area (Å²) in [5, 5.41) is 12.4. The molecule has 3 amide bonds. The van der Waals surface area contributed by atoms with E-state index in [0.29, 0.717) is 19.6 Å². The molecule has 8 nitrogen and oxygen atoms in total. The molecular formula is C21H35N3O5. The number of hydrogen-bond donors (Lipinski definition) is 2. The maximum Gasteiger partial charge on any atom is 0.326 e. The molecule has 0 bridgehead atoms. The Morgan fingerprint density at radius 1 is 1.17 bits per heavy atom. The Morgan fingerprint density at radius 3 is 2.41 bits per heavy atom. The van der Waals surface area contributed by atoms with Gasteiger partial charge < -0.3 is 25.0 Å². The van der Waals surface area contributed by atoms with Crippen molar-refractivity contribution in [2.75, 3.05) is 19.7 Å². The Kier molecular flexibility index (Phi) is 6.71. The molecule has 1 unspecified atom stereocenters. The second-order valence-corrected chi connectivity index (χ2v) is 9.37. The molecule has 2 N–H and O–H groups in total. The van der Waals surface area contributed by atoms with Gasteiger partial charge in [-0.3, -0.25) is 4.79 Å². The lowest BCUT2D eigenvalue weighted by Gasteiger charge is -2.43. The zero-order valence-electron chi connectivity index (χ0n) is 17.9. The smallest absolute Gasteiger partial charge is 0.326 e. The molecule has 0 aromatic heterocycles.